The van der Waals surface area contributed by atoms with Crippen LogP contribution in [-0.2, 0) is 9.05 Å². The van der Waals surface area contributed by atoms with Gasteiger partial charge in [0.15, 0.2) is 0 Å². The van der Waals surface area contributed by atoms with Gasteiger partial charge in [-0.05, 0) is 31.6 Å². The van der Waals surface area contributed by atoms with E-state index in [-0.39, 0.29) is 0 Å². The first-order valence-electron chi connectivity index (χ1n) is 5.00. The van der Waals surface area contributed by atoms with Crippen LogP contribution in [0.3, 0.4) is 0 Å². The Morgan fingerprint density at radius 3 is 2.00 bits per heavy atom. The van der Waals surface area contributed by atoms with Crippen LogP contribution in [0.25, 0.3) is 0 Å². The second-order valence-electron chi connectivity index (χ2n) is 4.34. The van der Waals surface area contributed by atoms with E-state index in [0.29, 0.717) is 5.92 Å². The molecule has 0 radical (unpaired) electrons. The molecule has 4 heteroatoms. The minimum Gasteiger partial charge on any atom is -0.212 e. The van der Waals surface area contributed by atoms with Gasteiger partial charge in [-0.15, -0.1) is 0 Å². The van der Waals surface area contributed by atoms with Crippen molar-refractivity contribution in [1.29, 1.82) is 0 Å². The van der Waals surface area contributed by atoms with Gasteiger partial charge in [-0.1, -0.05) is 19.3 Å². The molecule has 0 heterocycles. The third kappa shape index (κ3) is 1.61. The third-order valence-corrected chi connectivity index (χ3v) is 6.21. The lowest BCUT2D eigenvalue weighted by Gasteiger charge is -2.27. The van der Waals surface area contributed by atoms with E-state index >= 15 is 0 Å². The molecular formula is C9H15ClO2S. The predicted molar refractivity (Wildman–Crippen MR) is 53.3 cm³/mol. The summed E-state index contributed by atoms with van der Waals surface area (Å²) in [6.45, 7) is 0. The molecule has 0 aromatic heterocycles. The molecule has 0 aromatic rings. The lowest BCUT2D eigenvalue weighted by molar-refractivity contribution is 0.332. The number of rotatable bonds is 2. The molecule has 76 valence electrons. The second kappa shape index (κ2) is 3.13. The highest BCUT2D eigenvalue weighted by atomic mass is 35.7. The fourth-order valence-corrected chi connectivity index (χ4v) is 4.67. The van der Waals surface area contributed by atoms with Crippen LogP contribution in [0.2, 0.25) is 0 Å². The molecule has 2 rings (SSSR count). The molecule has 0 atom stereocenters. The minimum atomic E-state index is -3.32. The highest BCUT2D eigenvalue weighted by molar-refractivity contribution is 8.15. The summed E-state index contributed by atoms with van der Waals surface area (Å²) in [5, 5.41) is 0. The Kier molecular flexibility index (Phi) is 2.35. The van der Waals surface area contributed by atoms with E-state index in [1.807, 2.05) is 0 Å². The SMILES string of the molecule is O=S(=O)(Cl)C1(C2CCCCC2)CC1. The van der Waals surface area contributed by atoms with E-state index in [9.17, 15) is 8.42 Å². The Morgan fingerprint density at radius 1 is 1.08 bits per heavy atom. The summed E-state index contributed by atoms with van der Waals surface area (Å²) in [4.78, 5) is 0. The lowest BCUT2D eigenvalue weighted by Crippen LogP contribution is -2.30. The van der Waals surface area contributed by atoms with Gasteiger partial charge >= 0.3 is 0 Å². The molecule has 0 aliphatic heterocycles. The zero-order valence-corrected chi connectivity index (χ0v) is 9.20. The van der Waals surface area contributed by atoms with Crippen molar-refractivity contribution in [2.75, 3.05) is 0 Å². The lowest BCUT2D eigenvalue weighted by atomic mass is 9.85. The van der Waals surface area contributed by atoms with Crippen LogP contribution in [0.1, 0.15) is 44.9 Å². The molecule has 2 saturated carbocycles. The Balaban J connectivity index is 2.15. The number of hydrogen-bond donors (Lipinski definition) is 0. The highest BCUT2D eigenvalue weighted by Crippen LogP contribution is 2.55. The molecule has 0 amide bonds. The van der Waals surface area contributed by atoms with Gasteiger partial charge in [0.2, 0.25) is 9.05 Å². The molecule has 0 bridgehead atoms. The van der Waals surface area contributed by atoms with Crippen molar-refractivity contribution in [3.05, 3.63) is 0 Å². The second-order valence-corrected chi connectivity index (χ2v) is 7.25. The highest BCUT2D eigenvalue weighted by Gasteiger charge is 2.58. The first-order chi connectivity index (χ1) is 6.06. The summed E-state index contributed by atoms with van der Waals surface area (Å²) in [5.74, 6) is 0.351. The maximum atomic E-state index is 11.4. The molecule has 0 saturated heterocycles. The van der Waals surface area contributed by atoms with E-state index < -0.39 is 13.8 Å². The molecular weight excluding hydrogens is 208 g/mol. The van der Waals surface area contributed by atoms with Crippen molar-refractivity contribution in [3.63, 3.8) is 0 Å². The van der Waals surface area contributed by atoms with Crippen molar-refractivity contribution in [2.24, 2.45) is 5.92 Å². The summed E-state index contributed by atoms with van der Waals surface area (Å²) in [7, 11) is 2.17. The summed E-state index contributed by atoms with van der Waals surface area (Å²) in [6.07, 6.45) is 7.33. The van der Waals surface area contributed by atoms with Crippen molar-refractivity contribution >= 4 is 19.7 Å². The van der Waals surface area contributed by atoms with E-state index in [4.69, 9.17) is 10.7 Å². The summed E-state index contributed by atoms with van der Waals surface area (Å²) in [5.41, 5.74) is 0. The molecule has 2 nitrogen and oxygen atoms in total. The first-order valence-corrected chi connectivity index (χ1v) is 7.31. The average Bonchev–Trinajstić information content (AvgIpc) is 2.84. The third-order valence-electron chi connectivity index (χ3n) is 3.58. The maximum absolute atomic E-state index is 11.4. The zero-order valence-electron chi connectivity index (χ0n) is 7.63. The van der Waals surface area contributed by atoms with Crippen LogP contribution in [0.4, 0.5) is 0 Å². The van der Waals surface area contributed by atoms with Crippen LogP contribution in [-0.4, -0.2) is 13.2 Å². The van der Waals surface area contributed by atoms with Gasteiger partial charge in [0.05, 0.1) is 4.75 Å². The van der Waals surface area contributed by atoms with Gasteiger partial charge in [0.25, 0.3) is 0 Å². The summed E-state index contributed by atoms with van der Waals surface area (Å²) in [6, 6.07) is 0. The quantitative estimate of drug-likeness (QED) is 0.674. The van der Waals surface area contributed by atoms with Gasteiger partial charge in [0.1, 0.15) is 0 Å². The number of halogens is 1. The van der Waals surface area contributed by atoms with Gasteiger partial charge in [-0.2, -0.15) is 0 Å². The molecule has 2 fully saturated rings. The summed E-state index contributed by atoms with van der Waals surface area (Å²) < 4.78 is 22.3. The topological polar surface area (TPSA) is 34.1 Å². The molecule has 13 heavy (non-hydrogen) atoms. The largest absolute Gasteiger partial charge is 0.238 e. The van der Waals surface area contributed by atoms with Gasteiger partial charge in [0, 0.05) is 10.7 Å². The standard InChI is InChI=1S/C9H15ClO2S/c10-13(11,12)9(6-7-9)8-4-2-1-3-5-8/h8H,1-7H2. The van der Waals surface area contributed by atoms with E-state index in [1.165, 1.54) is 19.3 Å². The van der Waals surface area contributed by atoms with Crippen molar-refractivity contribution in [3.8, 4) is 0 Å². The monoisotopic (exact) mass is 222 g/mol. The zero-order chi connectivity index (χ0) is 9.53. The van der Waals surface area contributed by atoms with Crippen LogP contribution >= 0.6 is 10.7 Å². The predicted octanol–water partition coefficient (Wildman–Crippen LogP) is 2.67. The van der Waals surface area contributed by atoms with Gasteiger partial charge in [-0.3, -0.25) is 0 Å². The minimum absolute atomic E-state index is 0.351. The van der Waals surface area contributed by atoms with Crippen LogP contribution in [0, 0.1) is 5.92 Å². The molecule has 2 aliphatic rings. The van der Waals surface area contributed by atoms with Crippen molar-refractivity contribution in [1.82, 2.24) is 0 Å². The molecule has 0 unspecified atom stereocenters. The Hall–Kier alpha value is 0.240. The Morgan fingerprint density at radius 2 is 1.62 bits per heavy atom. The van der Waals surface area contributed by atoms with E-state index in [0.717, 1.165) is 25.7 Å². The smallest absolute Gasteiger partial charge is 0.212 e. The molecule has 0 spiro atoms. The van der Waals surface area contributed by atoms with Gasteiger partial charge in [-0.25, -0.2) is 8.42 Å². The molecule has 0 N–H and O–H groups in total. The van der Waals surface area contributed by atoms with Crippen molar-refractivity contribution in [2.45, 2.75) is 49.7 Å². The molecule has 0 aromatic carbocycles. The molecule has 2 aliphatic carbocycles. The first kappa shape index (κ1) is 9.78. The van der Waals surface area contributed by atoms with Crippen LogP contribution < -0.4 is 0 Å². The fourth-order valence-electron chi connectivity index (χ4n) is 2.60. The number of hydrogen-bond acceptors (Lipinski definition) is 2. The maximum Gasteiger partial charge on any atom is 0.238 e. The fraction of sp³-hybridized carbons (Fsp3) is 1.00. The van der Waals surface area contributed by atoms with Crippen LogP contribution in [0.15, 0.2) is 0 Å². The van der Waals surface area contributed by atoms with E-state index in [2.05, 4.69) is 0 Å². The van der Waals surface area contributed by atoms with Gasteiger partial charge < -0.3 is 0 Å². The van der Waals surface area contributed by atoms with Crippen LogP contribution in [0.5, 0.6) is 0 Å². The average molecular weight is 223 g/mol. The normalized spacial score (nSPS) is 28.7. The summed E-state index contributed by atoms with van der Waals surface area (Å²) >= 11 is 0. The Labute approximate surface area is 84.1 Å². The van der Waals surface area contributed by atoms with E-state index in [1.54, 1.807) is 0 Å². The van der Waals surface area contributed by atoms with Crippen molar-refractivity contribution < 1.29 is 8.42 Å². The Bertz CT molecular complexity index is 287.